The number of nitrogens with zero attached hydrogens (tertiary/aromatic N) is 4. The summed E-state index contributed by atoms with van der Waals surface area (Å²) >= 11 is 6.27. The number of hydrogen-bond acceptors (Lipinski definition) is 10. The number of pyridine rings is 1. The van der Waals surface area contributed by atoms with Crippen LogP contribution in [0.3, 0.4) is 0 Å². The van der Waals surface area contributed by atoms with Crippen molar-refractivity contribution in [3.05, 3.63) is 46.6 Å². The van der Waals surface area contributed by atoms with Gasteiger partial charge in [0.05, 0.1) is 36.0 Å². The van der Waals surface area contributed by atoms with Crippen LogP contribution >= 0.6 is 11.6 Å². The Bertz CT molecular complexity index is 1420. The second-order valence-electron chi connectivity index (χ2n) is 14.3. The molecule has 1 amide bonds. The average Bonchev–Trinajstić information content (AvgIpc) is 3.08. The lowest BCUT2D eigenvalue weighted by Gasteiger charge is -2.63. The van der Waals surface area contributed by atoms with Gasteiger partial charge in [-0.1, -0.05) is 39.3 Å². The van der Waals surface area contributed by atoms with E-state index in [1.54, 1.807) is 31.5 Å². The van der Waals surface area contributed by atoms with Crippen molar-refractivity contribution in [3.63, 3.8) is 0 Å². The molecule has 0 atom stereocenters. The molecule has 2 N–H and O–H groups in total. The van der Waals surface area contributed by atoms with Crippen LogP contribution < -0.4 is 25.0 Å². The van der Waals surface area contributed by atoms with Crippen molar-refractivity contribution >= 4 is 23.3 Å². The number of nitrogens with one attached hydrogen (secondary N) is 2. The molecule has 2 aliphatic heterocycles. The van der Waals surface area contributed by atoms with E-state index in [2.05, 4.69) is 54.2 Å². The highest BCUT2D eigenvalue weighted by Crippen LogP contribution is 2.55. The fourth-order valence-corrected chi connectivity index (χ4v) is 7.97. The van der Waals surface area contributed by atoms with Crippen LogP contribution in [0.2, 0.25) is 5.02 Å². The van der Waals surface area contributed by atoms with Gasteiger partial charge < -0.3 is 39.4 Å². The van der Waals surface area contributed by atoms with Gasteiger partial charge in [-0.15, -0.1) is 0 Å². The number of hydrogen-bond donors (Lipinski definition) is 2. The van der Waals surface area contributed by atoms with Crippen molar-refractivity contribution in [3.8, 4) is 17.6 Å². The molecular formula is C36H51ClN6O5. The van der Waals surface area contributed by atoms with Crippen LogP contribution in [0.1, 0.15) is 56.5 Å². The smallest absolute Gasteiger partial charge is 0.256 e. The van der Waals surface area contributed by atoms with Gasteiger partial charge in [0.15, 0.2) is 0 Å². The normalized spacial score (nSPS) is 22.4. The minimum Gasteiger partial charge on any atom is -0.490 e. The molecular weight excluding hydrogens is 632 g/mol. The van der Waals surface area contributed by atoms with Crippen LogP contribution in [0.5, 0.6) is 11.5 Å². The maximum atomic E-state index is 13.9. The number of methoxy groups -OCH3 is 1. The lowest BCUT2D eigenvalue weighted by molar-refractivity contribution is -0.164. The molecule has 12 heteroatoms. The molecule has 11 nitrogen and oxygen atoms in total. The third-order valence-corrected chi connectivity index (χ3v) is 10.4. The van der Waals surface area contributed by atoms with Crippen molar-refractivity contribution < 1.29 is 23.7 Å². The standard InChI is InChI=1S/C36H51ClN6O5/c1-35(2)33(36(3,4)34(35)48-27-7-6-26(22-38)29(37)20-27)41-32(44)28-23-40-31(21-30(28)47-19-18-46-17-16-45-5)43-12-8-25(9-13-43)24-42-14-10-39-11-15-42/h6-7,20-21,23,25,33-34,39H,8-19,24H2,1-5H3,(H,41,44)/t33-,34-. The molecule has 262 valence electrons. The van der Waals surface area contributed by atoms with Crippen molar-refractivity contribution in [2.45, 2.75) is 52.7 Å². The summed E-state index contributed by atoms with van der Waals surface area (Å²) in [6, 6.07) is 8.87. The first-order valence-corrected chi connectivity index (χ1v) is 17.5. The molecule has 2 saturated heterocycles. The van der Waals surface area contributed by atoms with Crippen LogP contribution in [-0.4, -0.2) is 107 Å². The number of piperidine rings is 1. The zero-order valence-corrected chi connectivity index (χ0v) is 29.8. The third-order valence-electron chi connectivity index (χ3n) is 10.1. The first-order valence-electron chi connectivity index (χ1n) is 17.1. The van der Waals surface area contributed by atoms with E-state index in [0.29, 0.717) is 60.0 Å². The second kappa shape index (κ2) is 16.0. The molecule has 1 aromatic heterocycles. The van der Waals surface area contributed by atoms with Gasteiger partial charge in [-0.2, -0.15) is 5.26 Å². The van der Waals surface area contributed by atoms with Gasteiger partial charge in [0.25, 0.3) is 5.91 Å². The van der Waals surface area contributed by atoms with Crippen LogP contribution in [0.4, 0.5) is 5.82 Å². The Morgan fingerprint density at radius 2 is 1.77 bits per heavy atom. The monoisotopic (exact) mass is 682 g/mol. The van der Waals surface area contributed by atoms with Crippen LogP contribution in [0.15, 0.2) is 30.5 Å². The molecule has 1 saturated carbocycles. The molecule has 3 heterocycles. The number of rotatable bonds is 14. The molecule has 1 aromatic carbocycles. The van der Waals surface area contributed by atoms with Gasteiger partial charge in [0, 0.05) is 88.1 Å². The lowest BCUT2D eigenvalue weighted by Crippen LogP contribution is -2.74. The molecule has 3 aliphatic rings. The Morgan fingerprint density at radius 3 is 2.44 bits per heavy atom. The minimum atomic E-state index is -0.405. The fourth-order valence-electron chi connectivity index (χ4n) is 7.75. The summed E-state index contributed by atoms with van der Waals surface area (Å²) in [7, 11) is 1.64. The minimum absolute atomic E-state index is 0.198. The maximum Gasteiger partial charge on any atom is 0.256 e. The molecule has 0 radical (unpaired) electrons. The summed E-state index contributed by atoms with van der Waals surface area (Å²) in [6.45, 7) is 17.4. The fraction of sp³-hybridized carbons (Fsp3) is 0.639. The van der Waals surface area contributed by atoms with E-state index in [9.17, 15) is 10.1 Å². The molecule has 0 spiro atoms. The van der Waals surface area contributed by atoms with E-state index in [-0.39, 0.29) is 18.1 Å². The Kier molecular flexibility index (Phi) is 12.1. The van der Waals surface area contributed by atoms with Crippen molar-refractivity contribution in [1.82, 2.24) is 20.5 Å². The Morgan fingerprint density at radius 1 is 1.06 bits per heavy atom. The third kappa shape index (κ3) is 8.35. The number of nitriles is 1. The van der Waals surface area contributed by atoms with Gasteiger partial charge in [0.1, 0.15) is 36.1 Å². The summed E-state index contributed by atoms with van der Waals surface area (Å²) in [4.78, 5) is 23.6. The number of ether oxygens (including phenoxy) is 4. The summed E-state index contributed by atoms with van der Waals surface area (Å²) in [5.74, 6) is 2.34. The topological polar surface area (TPSA) is 121 Å². The number of carbonyl (C=O) groups is 1. The van der Waals surface area contributed by atoms with E-state index in [4.69, 9.17) is 35.5 Å². The molecule has 0 bridgehead atoms. The molecule has 1 aliphatic carbocycles. The molecule has 3 fully saturated rings. The first kappa shape index (κ1) is 36.1. The van der Waals surface area contributed by atoms with Crippen molar-refractivity contribution in [2.75, 3.05) is 84.3 Å². The number of amides is 1. The zero-order chi connectivity index (χ0) is 34.3. The summed E-state index contributed by atoms with van der Waals surface area (Å²) in [5.41, 5.74) is -0.0223. The number of carbonyl (C=O) groups excluding carboxylic acids is 1. The van der Waals surface area contributed by atoms with Gasteiger partial charge in [0.2, 0.25) is 0 Å². The summed E-state index contributed by atoms with van der Waals surface area (Å²) in [5, 5.41) is 16.3. The molecule has 48 heavy (non-hydrogen) atoms. The van der Waals surface area contributed by atoms with E-state index < -0.39 is 10.8 Å². The van der Waals surface area contributed by atoms with Crippen LogP contribution in [-0.2, 0) is 9.47 Å². The highest BCUT2D eigenvalue weighted by atomic mass is 35.5. The van der Waals surface area contributed by atoms with E-state index >= 15 is 0 Å². The number of benzene rings is 1. The summed E-state index contributed by atoms with van der Waals surface area (Å²) < 4.78 is 23.3. The average molecular weight is 683 g/mol. The second-order valence-corrected chi connectivity index (χ2v) is 14.7. The first-order chi connectivity index (χ1) is 23.0. The Balaban J connectivity index is 1.26. The highest BCUT2D eigenvalue weighted by Gasteiger charge is 2.64. The summed E-state index contributed by atoms with van der Waals surface area (Å²) in [6.07, 6.45) is 3.65. The largest absolute Gasteiger partial charge is 0.490 e. The molecule has 2 aromatic rings. The molecule has 0 unspecified atom stereocenters. The quantitative estimate of drug-likeness (QED) is 0.278. The van der Waals surface area contributed by atoms with Crippen LogP contribution in [0, 0.1) is 28.1 Å². The number of piperazine rings is 1. The van der Waals surface area contributed by atoms with Crippen molar-refractivity contribution in [1.29, 1.82) is 5.26 Å². The Hall–Kier alpha value is -3.14. The maximum absolute atomic E-state index is 13.9. The van der Waals surface area contributed by atoms with Gasteiger partial charge >= 0.3 is 0 Å². The highest BCUT2D eigenvalue weighted by molar-refractivity contribution is 6.31. The van der Waals surface area contributed by atoms with Gasteiger partial charge in [-0.25, -0.2) is 4.98 Å². The van der Waals surface area contributed by atoms with E-state index in [0.717, 1.165) is 64.5 Å². The Labute approximate surface area is 290 Å². The van der Waals surface area contributed by atoms with Gasteiger partial charge in [-0.3, -0.25) is 4.79 Å². The van der Waals surface area contributed by atoms with Crippen molar-refractivity contribution in [2.24, 2.45) is 16.7 Å². The SMILES string of the molecule is COCCOCCOc1cc(N2CCC(CN3CCNCC3)CC2)ncc1C(=O)N[C@H]1C(C)(C)[C@H](Oc2ccc(C#N)c(Cl)c2)C1(C)C. The zero-order valence-electron chi connectivity index (χ0n) is 29.0. The number of halogens is 1. The molecule has 5 rings (SSSR count). The van der Waals surface area contributed by atoms with E-state index in [1.807, 2.05) is 6.07 Å². The van der Waals surface area contributed by atoms with E-state index in [1.165, 1.54) is 0 Å². The predicted molar refractivity (Wildman–Crippen MR) is 186 cm³/mol. The number of anilines is 1. The lowest BCUT2D eigenvalue weighted by atomic mass is 9.49. The number of aromatic nitrogens is 1. The van der Waals surface area contributed by atoms with Gasteiger partial charge in [-0.05, 0) is 30.9 Å². The van der Waals surface area contributed by atoms with Crippen LogP contribution in [0.25, 0.3) is 0 Å². The predicted octanol–water partition coefficient (Wildman–Crippen LogP) is 4.38.